The molecular formula is C16H18N6. The lowest BCUT2D eigenvalue weighted by atomic mass is 10.3. The summed E-state index contributed by atoms with van der Waals surface area (Å²) in [6.45, 7) is 4.02. The molecule has 1 aromatic carbocycles. The van der Waals surface area contributed by atoms with Crippen LogP contribution < -0.4 is 10.2 Å². The van der Waals surface area contributed by atoms with Crippen molar-refractivity contribution in [1.29, 1.82) is 0 Å². The second kappa shape index (κ2) is 5.73. The second-order valence-electron chi connectivity index (χ2n) is 5.42. The van der Waals surface area contributed by atoms with Crippen molar-refractivity contribution in [3.63, 3.8) is 0 Å². The molecule has 1 saturated heterocycles. The van der Waals surface area contributed by atoms with Crippen LogP contribution in [0.1, 0.15) is 6.42 Å². The van der Waals surface area contributed by atoms with Crippen LogP contribution in [0.4, 0.5) is 5.82 Å². The van der Waals surface area contributed by atoms with Crippen molar-refractivity contribution in [2.24, 2.45) is 0 Å². The van der Waals surface area contributed by atoms with Crippen molar-refractivity contribution >= 4 is 16.9 Å². The Labute approximate surface area is 128 Å². The van der Waals surface area contributed by atoms with Crippen LogP contribution in [0.5, 0.6) is 0 Å². The maximum Gasteiger partial charge on any atom is 0.168 e. The van der Waals surface area contributed by atoms with E-state index in [4.69, 9.17) is 0 Å². The molecule has 0 amide bonds. The van der Waals surface area contributed by atoms with Crippen molar-refractivity contribution in [2.75, 3.05) is 31.1 Å². The van der Waals surface area contributed by atoms with Crippen molar-refractivity contribution in [3.8, 4) is 5.69 Å². The molecule has 0 atom stereocenters. The Morgan fingerprint density at radius 1 is 1.00 bits per heavy atom. The van der Waals surface area contributed by atoms with Gasteiger partial charge in [0.15, 0.2) is 5.65 Å². The Kier molecular flexibility index (Phi) is 3.44. The standard InChI is InChI=1S/C16H18N6/c1-2-5-13(6-3-1)22-16-14(11-20-22)15(18-12-19-16)21-9-4-7-17-8-10-21/h1-3,5-6,11-12,17H,4,7-10H2. The van der Waals surface area contributed by atoms with E-state index in [1.165, 1.54) is 0 Å². The van der Waals surface area contributed by atoms with Gasteiger partial charge in [0.05, 0.1) is 17.3 Å². The third-order valence-electron chi connectivity index (χ3n) is 3.99. The zero-order chi connectivity index (χ0) is 14.8. The Morgan fingerprint density at radius 2 is 1.91 bits per heavy atom. The fraction of sp³-hybridized carbons (Fsp3) is 0.312. The summed E-state index contributed by atoms with van der Waals surface area (Å²) in [5.41, 5.74) is 1.87. The van der Waals surface area contributed by atoms with Gasteiger partial charge < -0.3 is 10.2 Å². The van der Waals surface area contributed by atoms with Crippen molar-refractivity contribution in [1.82, 2.24) is 25.1 Å². The quantitative estimate of drug-likeness (QED) is 0.778. The summed E-state index contributed by atoms with van der Waals surface area (Å²) in [7, 11) is 0. The third-order valence-corrected chi connectivity index (χ3v) is 3.99. The molecule has 1 N–H and O–H groups in total. The number of hydrogen-bond acceptors (Lipinski definition) is 5. The summed E-state index contributed by atoms with van der Waals surface area (Å²) in [6, 6.07) is 10.1. The van der Waals surface area contributed by atoms with Crippen molar-refractivity contribution in [3.05, 3.63) is 42.9 Å². The maximum absolute atomic E-state index is 4.52. The molecule has 0 aliphatic carbocycles. The van der Waals surface area contributed by atoms with Gasteiger partial charge in [0, 0.05) is 19.6 Å². The molecule has 0 bridgehead atoms. The summed E-state index contributed by atoms with van der Waals surface area (Å²) in [5, 5.41) is 8.94. The predicted octanol–water partition coefficient (Wildman–Crippen LogP) is 1.62. The van der Waals surface area contributed by atoms with E-state index in [2.05, 4.69) is 25.3 Å². The van der Waals surface area contributed by atoms with Gasteiger partial charge in [0.2, 0.25) is 0 Å². The van der Waals surface area contributed by atoms with E-state index in [1.54, 1.807) is 6.33 Å². The Balaban J connectivity index is 1.80. The average molecular weight is 294 g/mol. The SMILES string of the molecule is c1ccc(-n2ncc3c(N4CCCNCC4)ncnc32)cc1. The molecule has 112 valence electrons. The highest BCUT2D eigenvalue weighted by atomic mass is 15.3. The fourth-order valence-corrected chi connectivity index (χ4v) is 2.90. The average Bonchev–Trinajstić information content (AvgIpc) is 2.82. The number of nitrogens with one attached hydrogen (secondary N) is 1. The Hall–Kier alpha value is -2.47. The highest BCUT2D eigenvalue weighted by Crippen LogP contribution is 2.24. The van der Waals surface area contributed by atoms with Gasteiger partial charge in [-0.2, -0.15) is 5.10 Å². The first-order valence-electron chi connectivity index (χ1n) is 7.63. The third kappa shape index (κ3) is 2.31. The maximum atomic E-state index is 4.52. The van der Waals surface area contributed by atoms with E-state index in [9.17, 15) is 0 Å². The van der Waals surface area contributed by atoms with Crippen LogP contribution in [0, 0.1) is 0 Å². The van der Waals surface area contributed by atoms with E-state index in [0.29, 0.717) is 0 Å². The number of aromatic nitrogens is 4. The van der Waals surface area contributed by atoms with Crippen molar-refractivity contribution < 1.29 is 0 Å². The van der Waals surface area contributed by atoms with Gasteiger partial charge in [-0.25, -0.2) is 14.6 Å². The van der Waals surface area contributed by atoms with E-state index in [1.807, 2.05) is 41.2 Å². The minimum Gasteiger partial charge on any atom is -0.355 e. The molecular weight excluding hydrogens is 276 g/mol. The van der Waals surface area contributed by atoms with Gasteiger partial charge in [-0.15, -0.1) is 0 Å². The first kappa shape index (κ1) is 13.2. The lowest BCUT2D eigenvalue weighted by Crippen LogP contribution is -2.28. The number of nitrogens with zero attached hydrogens (tertiary/aromatic N) is 5. The van der Waals surface area contributed by atoms with Gasteiger partial charge in [-0.1, -0.05) is 18.2 Å². The molecule has 1 aliphatic heterocycles. The number of fused-ring (bicyclic) bond motifs is 1. The molecule has 3 heterocycles. The lowest BCUT2D eigenvalue weighted by Gasteiger charge is -2.21. The molecule has 3 aromatic rings. The minimum atomic E-state index is 0.855. The van der Waals surface area contributed by atoms with E-state index in [-0.39, 0.29) is 0 Å². The first-order chi connectivity index (χ1) is 10.9. The summed E-state index contributed by atoms with van der Waals surface area (Å²) in [4.78, 5) is 11.3. The molecule has 4 rings (SSSR count). The Bertz CT molecular complexity index is 759. The molecule has 2 aromatic heterocycles. The summed E-state index contributed by atoms with van der Waals surface area (Å²) in [6.07, 6.45) is 4.63. The monoisotopic (exact) mass is 294 g/mol. The van der Waals surface area contributed by atoms with E-state index >= 15 is 0 Å². The predicted molar refractivity (Wildman–Crippen MR) is 86.4 cm³/mol. The number of rotatable bonds is 2. The summed E-state index contributed by atoms with van der Waals surface area (Å²) in [5.74, 6) is 0.982. The first-order valence-corrected chi connectivity index (χ1v) is 7.63. The molecule has 0 radical (unpaired) electrons. The largest absolute Gasteiger partial charge is 0.355 e. The number of hydrogen-bond donors (Lipinski definition) is 1. The normalized spacial score (nSPS) is 15.9. The molecule has 22 heavy (non-hydrogen) atoms. The zero-order valence-corrected chi connectivity index (χ0v) is 12.3. The number of anilines is 1. The highest BCUT2D eigenvalue weighted by Gasteiger charge is 2.17. The molecule has 0 spiro atoms. The topological polar surface area (TPSA) is 58.9 Å². The second-order valence-corrected chi connectivity index (χ2v) is 5.42. The van der Waals surface area contributed by atoms with Crippen LogP contribution in [0.25, 0.3) is 16.7 Å². The van der Waals surface area contributed by atoms with Crippen molar-refractivity contribution in [2.45, 2.75) is 6.42 Å². The van der Waals surface area contributed by atoms with Crippen LogP contribution >= 0.6 is 0 Å². The van der Waals surface area contributed by atoms with E-state index < -0.39 is 0 Å². The fourth-order valence-electron chi connectivity index (χ4n) is 2.90. The van der Waals surface area contributed by atoms with Gasteiger partial charge in [0.1, 0.15) is 12.1 Å². The van der Waals surface area contributed by atoms with Gasteiger partial charge in [-0.05, 0) is 25.1 Å². The molecule has 1 aliphatic rings. The van der Waals surface area contributed by atoms with Crippen LogP contribution in [-0.2, 0) is 0 Å². The zero-order valence-electron chi connectivity index (χ0n) is 12.3. The number of benzene rings is 1. The molecule has 1 fully saturated rings. The molecule has 6 nitrogen and oxygen atoms in total. The summed E-state index contributed by atoms with van der Waals surface area (Å²) < 4.78 is 1.87. The smallest absolute Gasteiger partial charge is 0.168 e. The van der Waals surface area contributed by atoms with Crippen LogP contribution in [0.15, 0.2) is 42.9 Å². The number of para-hydroxylation sites is 1. The Morgan fingerprint density at radius 3 is 2.82 bits per heavy atom. The van der Waals surface area contributed by atoms with E-state index in [0.717, 1.165) is 55.1 Å². The summed E-state index contributed by atoms with van der Waals surface area (Å²) >= 11 is 0. The van der Waals surface area contributed by atoms with Gasteiger partial charge in [0.25, 0.3) is 0 Å². The molecule has 0 unspecified atom stereocenters. The molecule has 6 heteroatoms. The lowest BCUT2D eigenvalue weighted by molar-refractivity contribution is 0.724. The molecule has 0 saturated carbocycles. The van der Waals surface area contributed by atoms with Crippen LogP contribution in [-0.4, -0.2) is 45.9 Å². The highest BCUT2D eigenvalue weighted by molar-refractivity contribution is 5.87. The van der Waals surface area contributed by atoms with Gasteiger partial charge >= 0.3 is 0 Å². The van der Waals surface area contributed by atoms with Crippen LogP contribution in [0.2, 0.25) is 0 Å². The van der Waals surface area contributed by atoms with Crippen LogP contribution in [0.3, 0.4) is 0 Å². The minimum absolute atomic E-state index is 0.855. The van der Waals surface area contributed by atoms with Gasteiger partial charge in [-0.3, -0.25) is 0 Å².